The third kappa shape index (κ3) is 5.12. The molecule has 0 aliphatic rings. The first kappa shape index (κ1) is 19.0. The van der Waals surface area contributed by atoms with E-state index in [9.17, 15) is 5.11 Å². The Hall–Kier alpha value is -2.77. The monoisotopic (exact) mass is 371 g/mol. The predicted molar refractivity (Wildman–Crippen MR) is 104 cm³/mol. The van der Waals surface area contributed by atoms with Gasteiger partial charge in [0.05, 0.1) is 24.2 Å². The summed E-state index contributed by atoms with van der Waals surface area (Å²) in [7, 11) is 1.62. The Bertz CT molecular complexity index is 852. The molecule has 0 saturated heterocycles. The Morgan fingerprint density at radius 3 is 2.67 bits per heavy atom. The summed E-state index contributed by atoms with van der Waals surface area (Å²) in [5, 5.41) is 21.1. The number of para-hydroxylation sites is 2. The lowest BCUT2D eigenvalue weighted by Crippen LogP contribution is -2.36. The third-order valence-corrected chi connectivity index (χ3v) is 4.08. The summed E-state index contributed by atoms with van der Waals surface area (Å²) in [6.45, 7) is 3.15. The molecule has 0 bridgehead atoms. The van der Waals surface area contributed by atoms with Crippen LogP contribution >= 0.6 is 0 Å². The molecule has 7 nitrogen and oxygen atoms in total. The van der Waals surface area contributed by atoms with Gasteiger partial charge in [0.15, 0.2) is 11.5 Å². The number of H-pyrrole nitrogens is 1. The smallest absolute Gasteiger partial charge is 0.161 e. The van der Waals surface area contributed by atoms with Crippen LogP contribution in [0.3, 0.4) is 0 Å². The van der Waals surface area contributed by atoms with Gasteiger partial charge in [-0.25, -0.2) is 0 Å². The minimum Gasteiger partial charge on any atom is -0.493 e. The van der Waals surface area contributed by atoms with Gasteiger partial charge in [0.25, 0.3) is 0 Å². The number of hydrogen-bond donors (Lipinski definition) is 3. The van der Waals surface area contributed by atoms with Crippen molar-refractivity contribution in [2.45, 2.75) is 19.1 Å². The zero-order chi connectivity index (χ0) is 19.1. The molecule has 3 aromatic rings. The maximum absolute atomic E-state index is 10.1. The Labute approximate surface area is 158 Å². The SMILES string of the molecule is COc1ccccc1OC(C)CNCC(O)COc1cccc2[nH]ncc12. The molecule has 144 valence electrons. The molecule has 3 N–H and O–H groups in total. The van der Waals surface area contributed by atoms with E-state index in [4.69, 9.17) is 14.2 Å². The number of rotatable bonds is 10. The number of aromatic nitrogens is 2. The van der Waals surface area contributed by atoms with Gasteiger partial charge in [0, 0.05) is 13.1 Å². The van der Waals surface area contributed by atoms with Crippen molar-refractivity contribution < 1.29 is 19.3 Å². The molecule has 0 spiro atoms. The van der Waals surface area contributed by atoms with Gasteiger partial charge in [-0.05, 0) is 31.2 Å². The second-order valence-electron chi connectivity index (χ2n) is 6.29. The Balaban J connectivity index is 1.40. The molecule has 7 heteroatoms. The highest BCUT2D eigenvalue weighted by molar-refractivity contribution is 5.84. The quantitative estimate of drug-likeness (QED) is 0.507. The normalized spacial score (nSPS) is 13.3. The summed E-state index contributed by atoms with van der Waals surface area (Å²) in [4.78, 5) is 0. The largest absolute Gasteiger partial charge is 0.493 e. The third-order valence-electron chi connectivity index (χ3n) is 4.08. The topological polar surface area (TPSA) is 88.6 Å². The number of hydrogen-bond acceptors (Lipinski definition) is 6. The first-order valence-corrected chi connectivity index (χ1v) is 8.90. The van der Waals surface area contributed by atoms with Gasteiger partial charge in [0.2, 0.25) is 0 Å². The van der Waals surface area contributed by atoms with Crippen molar-refractivity contribution in [1.29, 1.82) is 0 Å². The fourth-order valence-corrected chi connectivity index (χ4v) is 2.74. The van der Waals surface area contributed by atoms with Crippen LogP contribution in [-0.2, 0) is 0 Å². The van der Waals surface area contributed by atoms with Crippen molar-refractivity contribution in [2.75, 3.05) is 26.8 Å². The van der Waals surface area contributed by atoms with Crippen LogP contribution in [0.15, 0.2) is 48.7 Å². The van der Waals surface area contributed by atoms with Crippen LogP contribution in [0.5, 0.6) is 17.2 Å². The highest BCUT2D eigenvalue weighted by Crippen LogP contribution is 2.26. The molecule has 3 rings (SSSR count). The minimum absolute atomic E-state index is 0.0749. The van der Waals surface area contributed by atoms with Gasteiger partial charge in [-0.2, -0.15) is 5.10 Å². The summed E-state index contributed by atoms with van der Waals surface area (Å²) in [6.07, 6.45) is 1.01. The van der Waals surface area contributed by atoms with E-state index >= 15 is 0 Å². The summed E-state index contributed by atoms with van der Waals surface area (Å²) >= 11 is 0. The maximum Gasteiger partial charge on any atom is 0.161 e. The summed E-state index contributed by atoms with van der Waals surface area (Å²) < 4.78 is 16.9. The van der Waals surface area contributed by atoms with E-state index < -0.39 is 6.10 Å². The van der Waals surface area contributed by atoms with E-state index in [1.54, 1.807) is 13.3 Å². The van der Waals surface area contributed by atoms with E-state index in [1.807, 2.05) is 49.4 Å². The average molecular weight is 371 g/mol. The molecule has 0 aliphatic carbocycles. The molecule has 0 fully saturated rings. The lowest BCUT2D eigenvalue weighted by atomic mass is 10.2. The van der Waals surface area contributed by atoms with Crippen LogP contribution in [0.2, 0.25) is 0 Å². The molecule has 0 radical (unpaired) electrons. The number of aromatic amines is 1. The van der Waals surface area contributed by atoms with Gasteiger partial charge < -0.3 is 24.6 Å². The Morgan fingerprint density at radius 2 is 1.85 bits per heavy atom. The molecule has 0 saturated carbocycles. The van der Waals surface area contributed by atoms with Gasteiger partial charge >= 0.3 is 0 Å². The molecular formula is C20H25N3O4. The number of methoxy groups -OCH3 is 1. The number of benzene rings is 2. The predicted octanol–water partition coefficient (Wildman–Crippen LogP) is 2.37. The number of aliphatic hydroxyl groups excluding tert-OH is 1. The molecule has 0 amide bonds. The lowest BCUT2D eigenvalue weighted by Gasteiger charge is -2.19. The fraction of sp³-hybridized carbons (Fsp3) is 0.350. The maximum atomic E-state index is 10.1. The number of fused-ring (bicyclic) bond motifs is 1. The standard InChI is InChI=1S/C20H25N3O4/c1-14(27-20-8-4-3-7-19(20)25-2)10-21-11-15(24)13-26-18-9-5-6-17-16(18)12-22-23-17/h3-9,12,14-15,21,24H,10-11,13H2,1-2H3,(H,22,23). The molecule has 1 heterocycles. The average Bonchev–Trinajstić information content (AvgIpc) is 3.16. The second-order valence-corrected chi connectivity index (χ2v) is 6.29. The van der Waals surface area contributed by atoms with Gasteiger partial charge in [-0.15, -0.1) is 0 Å². The molecule has 2 unspecified atom stereocenters. The van der Waals surface area contributed by atoms with Crippen LogP contribution in [0.1, 0.15) is 6.92 Å². The van der Waals surface area contributed by atoms with Crippen molar-refractivity contribution >= 4 is 10.9 Å². The van der Waals surface area contributed by atoms with E-state index in [0.29, 0.717) is 30.3 Å². The van der Waals surface area contributed by atoms with E-state index in [-0.39, 0.29) is 12.7 Å². The summed E-state index contributed by atoms with van der Waals surface area (Å²) in [5.41, 5.74) is 0.905. The molecule has 2 aromatic carbocycles. The number of ether oxygens (including phenoxy) is 3. The number of aliphatic hydroxyl groups is 1. The lowest BCUT2D eigenvalue weighted by molar-refractivity contribution is 0.103. The number of nitrogens with one attached hydrogen (secondary N) is 2. The molecular weight excluding hydrogens is 346 g/mol. The zero-order valence-corrected chi connectivity index (χ0v) is 15.5. The first-order chi connectivity index (χ1) is 13.2. The van der Waals surface area contributed by atoms with Crippen LogP contribution in [0.25, 0.3) is 10.9 Å². The second kappa shape index (κ2) is 9.25. The van der Waals surface area contributed by atoms with Crippen LogP contribution in [0.4, 0.5) is 0 Å². The zero-order valence-electron chi connectivity index (χ0n) is 15.5. The van der Waals surface area contributed by atoms with Crippen LogP contribution in [0, 0.1) is 0 Å². The van der Waals surface area contributed by atoms with Gasteiger partial charge in [-0.3, -0.25) is 5.10 Å². The van der Waals surface area contributed by atoms with Crippen molar-refractivity contribution in [3.8, 4) is 17.2 Å². The van der Waals surface area contributed by atoms with Crippen molar-refractivity contribution in [3.05, 3.63) is 48.7 Å². The van der Waals surface area contributed by atoms with E-state index in [0.717, 1.165) is 10.9 Å². The van der Waals surface area contributed by atoms with Crippen LogP contribution < -0.4 is 19.5 Å². The van der Waals surface area contributed by atoms with E-state index in [1.165, 1.54) is 0 Å². The van der Waals surface area contributed by atoms with Gasteiger partial charge in [-0.1, -0.05) is 18.2 Å². The van der Waals surface area contributed by atoms with Crippen molar-refractivity contribution in [1.82, 2.24) is 15.5 Å². The van der Waals surface area contributed by atoms with Crippen molar-refractivity contribution in [3.63, 3.8) is 0 Å². The summed E-state index contributed by atoms with van der Waals surface area (Å²) in [6, 6.07) is 13.2. The molecule has 1 aromatic heterocycles. The highest BCUT2D eigenvalue weighted by atomic mass is 16.5. The Morgan fingerprint density at radius 1 is 1.07 bits per heavy atom. The molecule has 27 heavy (non-hydrogen) atoms. The van der Waals surface area contributed by atoms with Crippen molar-refractivity contribution in [2.24, 2.45) is 0 Å². The van der Waals surface area contributed by atoms with E-state index in [2.05, 4.69) is 15.5 Å². The molecule has 0 aliphatic heterocycles. The minimum atomic E-state index is -0.634. The summed E-state index contributed by atoms with van der Waals surface area (Å²) in [5.74, 6) is 2.10. The highest BCUT2D eigenvalue weighted by Gasteiger charge is 2.11. The Kier molecular flexibility index (Phi) is 6.51. The van der Waals surface area contributed by atoms with Gasteiger partial charge in [0.1, 0.15) is 24.6 Å². The molecule has 2 atom stereocenters. The number of nitrogens with zero attached hydrogens (tertiary/aromatic N) is 1. The fourth-order valence-electron chi connectivity index (χ4n) is 2.74. The first-order valence-electron chi connectivity index (χ1n) is 8.90. The van der Waals surface area contributed by atoms with Crippen LogP contribution in [-0.4, -0.2) is 54.3 Å².